The lowest BCUT2D eigenvalue weighted by molar-refractivity contribution is -0.132. The molecule has 1 aromatic heterocycles. The van der Waals surface area contributed by atoms with Crippen LogP contribution in [0.2, 0.25) is 0 Å². The Morgan fingerprint density at radius 3 is 2.68 bits per heavy atom. The van der Waals surface area contributed by atoms with E-state index in [-0.39, 0.29) is 22.8 Å². The van der Waals surface area contributed by atoms with E-state index in [1.807, 2.05) is 6.92 Å². The van der Waals surface area contributed by atoms with Gasteiger partial charge in [0.05, 0.1) is 24.8 Å². The highest BCUT2D eigenvalue weighted by molar-refractivity contribution is 7.14. The average molecular weight is 481 g/mol. The Balaban J connectivity index is 1.89. The van der Waals surface area contributed by atoms with Crippen molar-refractivity contribution in [2.45, 2.75) is 26.3 Å². The van der Waals surface area contributed by atoms with Crippen LogP contribution in [0.4, 0.5) is 5.13 Å². The van der Waals surface area contributed by atoms with E-state index in [4.69, 9.17) is 9.47 Å². The predicted octanol–water partition coefficient (Wildman–Crippen LogP) is 4.66. The van der Waals surface area contributed by atoms with Gasteiger partial charge in [-0.25, -0.2) is 4.98 Å². The van der Waals surface area contributed by atoms with Gasteiger partial charge in [-0.1, -0.05) is 25.1 Å². The summed E-state index contributed by atoms with van der Waals surface area (Å²) >= 11 is 1.20. The third kappa shape index (κ3) is 4.34. The molecule has 1 aliphatic heterocycles. The van der Waals surface area contributed by atoms with Gasteiger partial charge in [0.1, 0.15) is 11.5 Å². The molecule has 1 atom stereocenters. The van der Waals surface area contributed by atoms with Gasteiger partial charge < -0.3 is 19.7 Å². The third-order valence-corrected chi connectivity index (χ3v) is 6.02. The van der Waals surface area contributed by atoms with E-state index >= 15 is 0 Å². The van der Waals surface area contributed by atoms with Crippen LogP contribution in [0, 0.1) is 0 Å². The van der Waals surface area contributed by atoms with Crippen molar-refractivity contribution >= 4 is 33.9 Å². The monoisotopic (exact) mass is 480 g/mol. The summed E-state index contributed by atoms with van der Waals surface area (Å²) < 4.78 is 11.2. The van der Waals surface area contributed by atoms with Gasteiger partial charge in [-0.2, -0.15) is 0 Å². The number of hydrogen-bond acceptors (Lipinski definition) is 8. The first-order chi connectivity index (χ1) is 16.5. The number of aliphatic hydroxyl groups is 1. The van der Waals surface area contributed by atoms with Gasteiger partial charge in [0, 0.05) is 17.1 Å². The highest BCUT2D eigenvalue weighted by atomic mass is 32.1. The molecular weight excluding hydrogens is 456 g/mol. The average Bonchev–Trinajstić information content (AvgIpc) is 3.46. The molecule has 2 N–H and O–H groups in total. The highest BCUT2D eigenvalue weighted by Crippen LogP contribution is 2.44. The van der Waals surface area contributed by atoms with Crippen molar-refractivity contribution in [3.8, 4) is 17.2 Å². The molecule has 1 saturated heterocycles. The number of amides is 1. The molecular formula is C25H24N2O6S. The quantitative estimate of drug-likeness (QED) is 0.274. The summed E-state index contributed by atoms with van der Waals surface area (Å²) in [5.41, 5.74) is 0.746. The standard InChI is InChI=1S/C25H24N2O6S/c1-3-11-33-17-7-5-6-16(13-17)22(29)20-21(15-8-9-18(28)19(14-15)32-4-2)27(24(31)23(20)30)25-26-10-12-34-25/h5-10,12-14,21,28-29H,3-4,11H2,1-2H3/b22-20+. The lowest BCUT2D eigenvalue weighted by Gasteiger charge is -2.23. The zero-order valence-electron chi connectivity index (χ0n) is 18.7. The number of ketones is 1. The molecule has 0 bridgehead atoms. The molecule has 3 aromatic rings. The number of anilines is 1. The first kappa shape index (κ1) is 23.3. The number of carbonyl (C=O) groups is 2. The number of nitrogens with zero attached hydrogens (tertiary/aromatic N) is 2. The van der Waals surface area contributed by atoms with E-state index in [0.29, 0.717) is 35.2 Å². The maximum atomic E-state index is 13.2. The highest BCUT2D eigenvalue weighted by Gasteiger charge is 2.48. The number of thiazole rings is 1. The minimum atomic E-state index is -0.967. The summed E-state index contributed by atoms with van der Waals surface area (Å²) in [6.07, 6.45) is 2.35. The summed E-state index contributed by atoms with van der Waals surface area (Å²) in [6, 6.07) is 10.3. The molecule has 0 radical (unpaired) electrons. The van der Waals surface area contributed by atoms with Crippen molar-refractivity contribution in [1.82, 2.24) is 4.98 Å². The molecule has 2 heterocycles. The smallest absolute Gasteiger partial charge is 0.301 e. The fourth-order valence-electron chi connectivity index (χ4n) is 3.76. The molecule has 176 valence electrons. The Morgan fingerprint density at radius 2 is 1.97 bits per heavy atom. The number of Topliss-reactive ketones (excluding diaryl/α,β-unsaturated/α-hetero) is 1. The van der Waals surface area contributed by atoms with E-state index in [1.54, 1.807) is 48.7 Å². The predicted molar refractivity (Wildman–Crippen MR) is 128 cm³/mol. The van der Waals surface area contributed by atoms with E-state index < -0.39 is 17.7 Å². The number of phenols is 1. The Morgan fingerprint density at radius 1 is 1.15 bits per heavy atom. The zero-order chi connectivity index (χ0) is 24.2. The number of benzene rings is 2. The van der Waals surface area contributed by atoms with Crippen LogP contribution in [-0.4, -0.2) is 40.1 Å². The molecule has 0 saturated carbocycles. The van der Waals surface area contributed by atoms with Crippen LogP contribution < -0.4 is 14.4 Å². The lowest BCUT2D eigenvalue weighted by Crippen LogP contribution is -2.29. The van der Waals surface area contributed by atoms with Crippen molar-refractivity contribution in [3.05, 3.63) is 70.7 Å². The van der Waals surface area contributed by atoms with Crippen molar-refractivity contribution in [2.24, 2.45) is 0 Å². The molecule has 34 heavy (non-hydrogen) atoms. The second-order valence-electron chi connectivity index (χ2n) is 7.52. The normalized spacial score (nSPS) is 17.2. The van der Waals surface area contributed by atoms with E-state index in [9.17, 15) is 19.8 Å². The number of ether oxygens (including phenoxy) is 2. The molecule has 1 amide bonds. The Kier molecular flexibility index (Phi) is 6.83. The summed E-state index contributed by atoms with van der Waals surface area (Å²) in [6.45, 7) is 4.58. The molecule has 1 unspecified atom stereocenters. The zero-order valence-corrected chi connectivity index (χ0v) is 19.5. The number of hydrogen-bond donors (Lipinski definition) is 2. The molecule has 1 aliphatic rings. The van der Waals surface area contributed by atoms with Gasteiger partial charge in [0.2, 0.25) is 0 Å². The fourth-order valence-corrected chi connectivity index (χ4v) is 4.43. The van der Waals surface area contributed by atoms with Crippen molar-refractivity contribution in [1.29, 1.82) is 0 Å². The first-order valence-electron chi connectivity index (χ1n) is 10.9. The maximum Gasteiger partial charge on any atom is 0.301 e. The summed E-state index contributed by atoms with van der Waals surface area (Å²) in [5, 5.41) is 23.4. The number of carbonyl (C=O) groups excluding carboxylic acids is 2. The van der Waals surface area contributed by atoms with Crippen LogP contribution in [-0.2, 0) is 9.59 Å². The molecule has 2 aromatic carbocycles. The number of phenolic OH excluding ortho intramolecular Hbond substituents is 1. The van der Waals surface area contributed by atoms with Gasteiger partial charge in [0.25, 0.3) is 5.78 Å². The number of aliphatic hydroxyl groups excluding tert-OH is 1. The third-order valence-electron chi connectivity index (χ3n) is 5.25. The van der Waals surface area contributed by atoms with Crippen LogP contribution in [0.15, 0.2) is 59.6 Å². The SMILES string of the molecule is CCCOc1cccc(/C(O)=C2\C(=O)C(=O)N(c3nccs3)C2c2ccc(O)c(OCC)c2)c1. The van der Waals surface area contributed by atoms with Gasteiger partial charge in [-0.3, -0.25) is 14.5 Å². The summed E-state index contributed by atoms with van der Waals surface area (Å²) in [4.78, 5) is 31.8. The van der Waals surface area contributed by atoms with E-state index in [0.717, 1.165) is 6.42 Å². The molecule has 1 fully saturated rings. The molecule has 4 rings (SSSR count). The number of rotatable bonds is 8. The molecule has 0 spiro atoms. The van der Waals surface area contributed by atoms with Crippen molar-refractivity contribution in [3.63, 3.8) is 0 Å². The number of aromatic nitrogens is 1. The second-order valence-corrected chi connectivity index (χ2v) is 8.39. The van der Waals surface area contributed by atoms with Crippen LogP contribution in [0.1, 0.15) is 37.4 Å². The van der Waals surface area contributed by atoms with Gasteiger partial charge in [0.15, 0.2) is 16.6 Å². The Hall–Kier alpha value is -3.85. The Bertz CT molecular complexity index is 1240. The van der Waals surface area contributed by atoms with E-state index in [1.165, 1.54) is 28.5 Å². The summed E-state index contributed by atoms with van der Waals surface area (Å²) in [5.74, 6) is -1.28. The van der Waals surface area contributed by atoms with Crippen molar-refractivity contribution < 1.29 is 29.3 Å². The fraction of sp³-hybridized carbons (Fsp3) is 0.240. The van der Waals surface area contributed by atoms with E-state index in [2.05, 4.69) is 4.98 Å². The molecule has 0 aliphatic carbocycles. The van der Waals surface area contributed by atoms with Gasteiger partial charge >= 0.3 is 5.91 Å². The largest absolute Gasteiger partial charge is 0.507 e. The van der Waals surface area contributed by atoms with Gasteiger partial charge in [-0.05, 0) is 43.2 Å². The van der Waals surface area contributed by atoms with Crippen LogP contribution in [0.3, 0.4) is 0 Å². The number of aromatic hydroxyl groups is 1. The summed E-state index contributed by atoms with van der Waals surface area (Å²) in [7, 11) is 0. The molecule has 8 nitrogen and oxygen atoms in total. The van der Waals surface area contributed by atoms with Crippen LogP contribution in [0.25, 0.3) is 5.76 Å². The van der Waals surface area contributed by atoms with Crippen LogP contribution in [0.5, 0.6) is 17.2 Å². The second kappa shape index (κ2) is 9.96. The van der Waals surface area contributed by atoms with Gasteiger partial charge in [-0.15, -0.1) is 11.3 Å². The first-order valence-corrected chi connectivity index (χ1v) is 11.7. The minimum absolute atomic E-state index is 0.0717. The minimum Gasteiger partial charge on any atom is -0.507 e. The maximum absolute atomic E-state index is 13.2. The van der Waals surface area contributed by atoms with Crippen molar-refractivity contribution in [2.75, 3.05) is 18.1 Å². The molecule has 9 heteroatoms. The Labute approximate surface area is 200 Å². The lowest BCUT2D eigenvalue weighted by atomic mass is 9.95. The van der Waals surface area contributed by atoms with Crippen LogP contribution >= 0.6 is 11.3 Å². The topological polar surface area (TPSA) is 109 Å².